The van der Waals surface area contributed by atoms with E-state index < -0.39 is 15.3 Å². The topological polar surface area (TPSA) is 59.0 Å². The fraction of sp³-hybridized carbons (Fsp3) is 0.615. The molecule has 2 rings (SSSR count). The van der Waals surface area contributed by atoms with Gasteiger partial charge in [0, 0.05) is 24.8 Å². The van der Waals surface area contributed by atoms with E-state index in [1.807, 2.05) is 13.0 Å². The van der Waals surface area contributed by atoms with Gasteiger partial charge in [-0.3, -0.25) is 0 Å². The van der Waals surface area contributed by atoms with Gasteiger partial charge in [-0.1, -0.05) is 30.0 Å². The summed E-state index contributed by atoms with van der Waals surface area (Å²) >= 11 is 5.85. The molecular formula is C13H19ClN2O3S. The smallest absolute Gasteiger partial charge is 0.218 e. The molecule has 1 saturated heterocycles. The third kappa shape index (κ3) is 3.07. The van der Waals surface area contributed by atoms with E-state index in [1.165, 1.54) is 4.31 Å². The summed E-state index contributed by atoms with van der Waals surface area (Å²) in [6, 6.07) is 0. The van der Waals surface area contributed by atoms with E-state index in [2.05, 4.69) is 11.7 Å². The van der Waals surface area contributed by atoms with Crippen LogP contribution >= 0.6 is 11.6 Å². The van der Waals surface area contributed by atoms with Crippen molar-refractivity contribution in [2.24, 2.45) is 11.1 Å². The van der Waals surface area contributed by atoms with Gasteiger partial charge in [0.05, 0.1) is 17.5 Å². The molecule has 0 aliphatic carbocycles. The van der Waals surface area contributed by atoms with Gasteiger partial charge in [-0.2, -0.15) is 4.31 Å². The third-order valence-electron chi connectivity index (χ3n) is 3.57. The molecule has 2 aliphatic rings. The van der Waals surface area contributed by atoms with Gasteiger partial charge in [-0.25, -0.2) is 8.42 Å². The molecule has 1 fully saturated rings. The molecule has 7 heteroatoms. The summed E-state index contributed by atoms with van der Waals surface area (Å²) in [5.41, 5.74) is 0.892. The molecule has 0 spiro atoms. The van der Waals surface area contributed by atoms with Crippen LogP contribution in [0.3, 0.4) is 0 Å². The first kappa shape index (κ1) is 15.5. The largest absolute Gasteiger partial charge is 0.391 e. The zero-order chi connectivity index (χ0) is 14.8. The van der Waals surface area contributed by atoms with Crippen molar-refractivity contribution in [2.45, 2.75) is 24.7 Å². The monoisotopic (exact) mass is 318 g/mol. The van der Waals surface area contributed by atoms with Crippen LogP contribution in [0.2, 0.25) is 0 Å². The maximum Gasteiger partial charge on any atom is 0.218 e. The highest BCUT2D eigenvalue weighted by Crippen LogP contribution is 2.30. The minimum Gasteiger partial charge on any atom is -0.391 e. The predicted octanol–water partition coefficient (Wildman–Crippen LogP) is 1.76. The number of allylic oxidation sites excluding steroid dienone is 2. The highest BCUT2D eigenvalue weighted by atomic mass is 35.5. The molecule has 3 atom stereocenters. The summed E-state index contributed by atoms with van der Waals surface area (Å²) in [6.45, 7) is 6.23. The van der Waals surface area contributed by atoms with Crippen LogP contribution < -0.4 is 0 Å². The number of hydrogen-bond acceptors (Lipinski definition) is 4. The van der Waals surface area contributed by atoms with Crippen molar-refractivity contribution >= 4 is 27.3 Å². The molecule has 2 aliphatic heterocycles. The number of halogens is 1. The zero-order valence-corrected chi connectivity index (χ0v) is 13.0. The SMILES string of the molecule is C=C/C=C\C1CN(CC2CC(C)=NO2)S(=O)(=O)C1CCl. The minimum atomic E-state index is -3.38. The van der Waals surface area contributed by atoms with Crippen LogP contribution in [-0.4, -0.2) is 48.8 Å². The first-order valence-electron chi connectivity index (χ1n) is 6.52. The lowest BCUT2D eigenvalue weighted by Crippen LogP contribution is -2.36. The highest BCUT2D eigenvalue weighted by Gasteiger charge is 2.45. The Bertz CT molecular complexity index is 530. The summed E-state index contributed by atoms with van der Waals surface area (Å²) in [5.74, 6) is -0.0228. The third-order valence-corrected chi connectivity index (χ3v) is 6.38. The molecule has 2 heterocycles. The van der Waals surface area contributed by atoms with Crippen molar-refractivity contribution in [1.82, 2.24) is 4.31 Å². The van der Waals surface area contributed by atoms with E-state index in [-0.39, 0.29) is 17.9 Å². The van der Waals surface area contributed by atoms with E-state index in [0.29, 0.717) is 19.5 Å². The number of nitrogens with zero attached hydrogens (tertiary/aromatic N) is 2. The van der Waals surface area contributed by atoms with Crippen LogP contribution in [0.4, 0.5) is 0 Å². The Morgan fingerprint density at radius 3 is 2.90 bits per heavy atom. The van der Waals surface area contributed by atoms with Crippen LogP contribution in [0, 0.1) is 5.92 Å². The van der Waals surface area contributed by atoms with Gasteiger partial charge in [0.15, 0.2) is 0 Å². The summed E-state index contributed by atoms with van der Waals surface area (Å²) in [5, 5.41) is 3.28. The molecular weight excluding hydrogens is 300 g/mol. The van der Waals surface area contributed by atoms with E-state index >= 15 is 0 Å². The molecule has 0 aromatic rings. The van der Waals surface area contributed by atoms with E-state index in [9.17, 15) is 8.42 Å². The van der Waals surface area contributed by atoms with E-state index in [0.717, 1.165) is 5.71 Å². The quantitative estimate of drug-likeness (QED) is 0.573. The fourth-order valence-electron chi connectivity index (χ4n) is 2.54. The zero-order valence-electron chi connectivity index (χ0n) is 11.4. The van der Waals surface area contributed by atoms with Crippen LogP contribution in [-0.2, 0) is 14.9 Å². The lowest BCUT2D eigenvalue weighted by Gasteiger charge is -2.18. The van der Waals surface area contributed by atoms with Gasteiger partial charge in [0.1, 0.15) is 6.10 Å². The van der Waals surface area contributed by atoms with Crippen LogP contribution in [0.25, 0.3) is 0 Å². The number of alkyl halides is 1. The Kier molecular flexibility index (Phi) is 4.88. The minimum absolute atomic E-state index is 0.0893. The molecule has 0 aromatic heterocycles. The molecule has 20 heavy (non-hydrogen) atoms. The van der Waals surface area contributed by atoms with Crippen molar-refractivity contribution in [3.8, 4) is 0 Å². The Morgan fingerprint density at radius 1 is 1.60 bits per heavy atom. The standard InChI is InChI=1S/C13H19ClN2O3S/c1-3-4-5-11-8-16(20(17,18)13(11)7-14)9-12-6-10(2)15-19-12/h3-5,11-13H,1,6-9H2,2H3/b5-4-. The molecule has 112 valence electrons. The Morgan fingerprint density at radius 2 is 2.35 bits per heavy atom. The van der Waals surface area contributed by atoms with Crippen molar-refractivity contribution in [3.63, 3.8) is 0 Å². The normalized spacial score (nSPS) is 33.3. The van der Waals surface area contributed by atoms with Crippen LogP contribution in [0.5, 0.6) is 0 Å². The Balaban J connectivity index is 2.10. The predicted molar refractivity (Wildman–Crippen MR) is 80.4 cm³/mol. The Hall–Kier alpha value is -0.850. The van der Waals surface area contributed by atoms with Gasteiger partial charge >= 0.3 is 0 Å². The fourth-order valence-corrected chi connectivity index (χ4v) is 5.16. The summed E-state index contributed by atoms with van der Waals surface area (Å²) in [4.78, 5) is 5.22. The second kappa shape index (κ2) is 6.28. The lowest BCUT2D eigenvalue weighted by molar-refractivity contribution is 0.0711. The van der Waals surface area contributed by atoms with Gasteiger partial charge in [0.25, 0.3) is 0 Å². The molecule has 3 unspecified atom stereocenters. The number of sulfonamides is 1. The molecule has 0 N–H and O–H groups in total. The molecule has 0 aromatic carbocycles. The average molecular weight is 319 g/mol. The number of oxime groups is 1. The first-order chi connectivity index (χ1) is 9.48. The number of rotatable bonds is 5. The van der Waals surface area contributed by atoms with Crippen molar-refractivity contribution in [2.75, 3.05) is 19.0 Å². The second-order valence-corrected chi connectivity index (χ2v) is 7.56. The van der Waals surface area contributed by atoms with Gasteiger partial charge < -0.3 is 4.84 Å². The van der Waals surface area contributed by atoms with Crippen LogP contribution in [0.1, 0.15) is 13.3 Å². The van der Waals surface area contributed by atoms with Crippen molar-refractivity contribution in [3.05, 3.63) is 24.8 Å². The van der Waals surface area contributed by atoms with Crippen molar-refractivity contribution in [1.29, 1.82) is 0 Å². The Labute approximate surface area is 125 Å². The first-order valence-corrected chi connectivity index (χ1v) is 8.56. The molecule has 0 saturated carbocycles. The maximum atomic E-state index is 12.5. The molecule has 5 nitrogen and oxygen atoms in total. The summed E-state index contributed by atoms with van der Waals surface area (Å²) < 4.78 is 26.4. The van der Waals surface area contributed by atoms with Gasteiger partial charge in [-0.05, 0) is 6.92 Å². The maximum absolute atomic E-state index is 12.5. The van der Waals surface area contributed by atoms with E-state index in [4.69, 9.17) is 16.4 Å². The van der Waals surface area contributed by atoms with E-state index in [1.54, 1.807) is 12.2 Å². The average Bonchev–Trinajstić information content (AvgIpc) is 2.89. The summed E-state index contributed by atoms with van der Waals surface area (Å²) in [7, 11) is -3.38. The number of hydrogen-bond donors (Lipinski definition) is 0. The second-order valence-electron chi connectivity index (χ2n) is 5.10. The van der Waals surface area contributed by atoms with Crippen molar-refractivity contribution < 1.29 is 13.3 Å². The lowest BCUT2D eigenvalue weighted by atomic mass is 10.1. The molecule has 0 radical (unpaired) electrons. The van der Waals surface area contributed by atoms with Gasteiger partial charge in [0.2, 0.25) is 10.0 Å². The van der Waals surface area contributed by atoms with Crippen LogP contribution in [0.15, 0.2) is 30.0 Å². The molecule has 0 amide bonds. The molecule has 0 bridgehead atoms. The van der Waals surface area contributed by atoms with Gasteiger partial charge in [-0.15, -0.1) is 11.6 Å². The highest BCUT2D eigenvalue weighted by molar-refractivity contribution is 7.90. The summed E-state index contributed by atoms with van der Waals surface area (Å²) in [6.07, 6.45) is 5.74.